The monoisotopic (exact) mass is 391 g/mol. The Hall–Kier alpha value is -2.05. The molecule has 0 spiro atoms. The van der Waals surface area contributed by atoms with Crippen molar-refractivity contribution in [2.75, 3.05) is 26.8 Å². The molecule has 1 N–H and O–H groups in total. The Morgan fingerprint density at radius 2 is 2.15 bits per heavy atom. The highest BCUT2D eigenvalue weighted by Gasteiger charge is 2.33. The van der Waals surface area contributed by atoms with E-state index in [2.05, 4.69) is 4.98 Å². The minimum absolute atomic E-state index is 0.0620. The van der Waals surface area contributed by atoms with Gasteiger partial charge in [-0.15, -0.1) is 0 Å². The van der Waals surface area contributed by atoms with Crippen LogP contribution in [0.1, 0.15) is 31.2 Å². The molecular weight excluding hydrogens is 368 g/mol. The zero-order valence-electron chi connectivity index (χ0n) is 15.4. The number of carbonyl (C=O) groups is 1. The Morgan fingerprint density at radius 3 is 2.78 bits per heavy atom. The molecule has 0 saturated carbocycles. The van der Waals surface area contributed by atoms with Crippen LogP contribution in [0.25, 0.3) is 10.9 Å². The van der Waals surface area contributed by atoms with Gasteiger partial charge in [0, 0.05) is 31.3 Å². The molecule has 0 aliphatic carbocycles. The molecule has 0 radical (unpaired) electrons. The van der Waals surface area contributed by atoms with Gasteiger partial charge in [-0.2, -0.15) is 0 Å². The molecule has 6 nitrogen and oxygen atoms in total. The van der Waals surface area contributed by atoms with Gasteiger partial charge in [0.05, 0.1) is 17.6 Å². The van der Waals surface area contributed by atoms with Crippen molar-refractivity contribution in [3.63, 3.8) is 0 Å². The molecule has 1 aliphatic heterocycles. The molecule has 1 aromatic carbocycles. The van der Waals surface area contributed by atoms with Gasteiger partial charge in [0.25, 0.3) is 0 Å². The van der Waals surface area contributed by atoms with Crippen molar-refractivity contribution in [3.8, 4) is 5.75 Å². The molecule has 27 heavy (non-hydrogen) atoms. The Bertz CT molecular complexity index is 819. The number of aliphatic hydroxyl groups excluding tert-OH is 1. The molecular formula is C20H24ClN2O4-. The average Bonchev–Trinajstić information content (AvgIpc) is 2.69. The Morgan fingerprint density at radius 1 is 1.41 bits per heavy atom. The highest BCUT2D eigenvalue weighted by atomic mass is 35.5. The summed E-state index contributed by atoms with van der Waals surface area (Å²) < 4.78 is 5.32. The number of fused-ring (bicyclic) bond motifs is 1. The van der Waals surface area contributed by atoms with Crippen LogP contribution < -0.4 is 9.84 Å². The first kappa shape index (κ1) is 19.7. The van der Waals surface area contributed by atoms with Gasteiger partial charge in [0.15, 0.2) is 0 Å². The largest absolute Gasteiger partial charge is 0.530 e. The number of pyridine rings is 1. The molecule has 1 saturated heterocycles. The number of hydrogen-bond acceptors (Lipinski definition) is 5. The number of halogens is 1. The lowest BCUT2D eigenvalue weighted by Gasteiger charge is -2.42. The quantitative estimate of drug-likeness (QED) is 0.818. The third kappa shape index (κ3) is 4.28. The predicted molar refractivity (Wildman–Crippen MR) is 102 cm³/mol. The van der Waals surface area contributed by atoms with Gasteiger partial charge < -0.3 is 24.6 Å². The van der Waals surface area contributed by atoms with Crippen molar-refractivity contribution in [1.82, 2.24) is 9.88 Å². The van der Waals surface area contributed by atoms with Gasteiger partial charge in [0.1, 0.15) is 11.8 Å². The Kier molecular flexibility index (Phi) is 6.07. The number of carboxylic acid groups (broad SMARTS) is 1. The lowest BCUT2D eigenvalue weighted by atomic mass is 9.75. The molecule has 1 fully saturated rings. The summed E-state index contributed by atoms with van der Waals surface area (Å²) in [7, 11) is 1.63. The maximum atomic E-state index is 11.0. The van der Waals surface area contributed by atoms with Crippen molar-refractivity contribution < 1.29 is 19.7 Å². The van der Waals surface area contributed by atoms with Crippen molar-refractivity contribution in [1.29, 1.82) is 0 Å². The summed E-state index contributed by atoms with van der Waals surface area (Å²) >= 11 is 6.41. The number of rotatable bonds is 6. The summed E-state index contributed by atoms with van der Waals surface area (Å²) in [5, 5.41) is 22.5. The zero-order chi connectivity index (χ0) is 19.4. The van der Waals surface area contributed by atoms with Crippen LogP contribution in [0.15, 0.2) is 24.4 Å². The van der Waals surface area contributed by atoms with Crippen LogP contribution in [0.4, 0.5) is 4.79 Å². The summed E-state index contributed by atoms with van der Waals surface area (Å²) in [5.41, 5.74) is 1.66. The number of amides is 1. The van der Waals surface area contributed by atoms with Crippen LogP contribution in [0.2, 0.25) is 5.02 Å². The van der Waals surface area contributed by atoms with E-state index in [0.717, 1.165) is 41.5 Å². The fourth-order valence-corrected chi connectivity index (χ4v) is 4.12. The summed E-state index contributed by atoms with van der Waals surface area (Å²) in [6.07, 6.45) is 4.26. The molecule has 146 valence electrons. The molecule has 2 heterocycles. The SMILES string of the molecule is COc1ccc2ncc(Cl)c(CCCC3(CO)CCN(C(=O)[O-])CC3)c2c1. The summed E-state index contributed by atoms with van der Waals surface area (Å²) in [5.74, 6) is 0.759. The van der Waals surface area contributed by atoms with Gasteiger partial charge in [0.2, 0.25) is 0 Å². The highest BCUT2D eigenvalue weighted by Crippen LogP contribution is 2.37. The minimum Gasteiger partial charge on any atom is -0.530 e. The van der Waals surface area contributed by atoms with E-state index in [9.17, 15) is 15.0 Å². The van der Waals surface area contributed by atoms with E-state index < -0.39 is 6.09 Å². The van der Waals surface area contributed by atoms with E-state index in [1.165, 1.54) is 4.90 Å². The second kappa shape index (κ2) is 8.31. The first-order valence-corrected chi connectivity index (χ1v) is 9.54. The fourth-order valence-electron chi connectivity index (χ4n) is 3.87. The molecule has 0 bridgehead atoms. The number of aliphatic hydroxyl groups is 1. The standard InChI is InChI=1S/C20H25ClN2O4/c1-27-14-4-5-18-16(11-14)15(17(21)12-22-18)3-2-6-20(13-24)7-9-23(10-8-20)19(25)26/h4-5,11-12,24H,2-3,6-10,13H2,1H3,(H,25,26)/p-1. The molecule has 1 amide bonds. The van der Waals surface area contributed by atoms with Crippen LogP contribution >= 0.6 is 11.6 Å². The third-order valence-electron chi connectivity index (χ3n) is 5.69. The minimum atomic E-state index is -1.13. The van der Waals surface area contributed by atoms with Crippen LogP contribution in [-0.2, 0) is 6.42 Å². The van der Waals surface area contributed by atoms with E-state index in [0.29, 0.717) is 31.0 Å². The normalized spacial score (nSPS) is 16.5. The summed E-state index contributed by atoms with van der Waals surface area (Å²) in [4.78, 5) is 16.7. The van der Waals surface area contributed by atoms with Crippen molar-refractivity contribution in [3.05, 3.63) is 35.0 Å². The number of piperidine rings is 1. The third-order valence-corrected chi connectivity index (χ3v) is 6.01. The number of aryl methyl sites for hydroxylation is 1. The van der Waals surface area contributed by atoms with Crippen LogP contribution in [0.5, 0.6) is 5.75 Å². The number of benzene rings is 1. The number of hydrogen-bond donors (Lipinski definition) is 1. The van der Waals surface area contributed by atoms with E-state index in [4.69, 9.17) is 16.3 Å². The van der Waals surface area contributed by atoms with Gasteiger partial charge in [-0.25, -0.2) is 0 Å². The molecule has 0 atom stereocenters. The second-order valence-electron chi connectivity index (χ2n) is 7.23. The molecule has 1 aromatic heterocycles. The first-order chi connectivity index (χ1) is 13.0. The lowest BCUT2D eigenvalue weighted by molar-refractivity contribution is -0.267. The molecule has 3 rings (SSSR count). The van der Waals surface area contributed by atoms with E-state index in [1.807, 2.05) is 18.2 Å². The van der Waals surface area contributed by atoms with Gasteiger partial charge in [-0.1, -0.05) is 11.6 Å². The van der Waals surface area contributed by atoms with Gasteiger partial charge in [-0.3, -0.25) is 4.98 Å². The fraction of sp³-hybridized carbons (Fsp3) is 0.500. The van der Waals surface area contributed by atoms with Crippen LogP contribution in [0, 0.1) is 5.41 Å². The van der Waals surface area contributed by atoms with Gasteiger partial charge >= 0.3 is 0 Å². The number of methoxy groups -OCH3 is 1. The van der Waals surface area contributed by atoms with E-state index in [-0.39, 0.29) is 12.0 Å². The summed E-state index contributed by atoms with van der Waals surface area (Å²) in [6.45, 7) is 0.893. The number of likely N-dealkylation sites (tertiary alicyclic amines) is 1. The van der Waals surface area contributed by atoms with Crippen molar-refractivity contribution in [2.24, 2.45) is 5.41 Å². The number of nitrogens with zero attached hydrogens (tertiary/aromatic N) is 2. The molecule has 7 heteroatoms. The first-order valence-electron chi connectivity index (χ1n) is 9.16. The summed E-state index contributed by atoms with van der Waals surface area (Å²) in [6, 6.07) is 5.74. The van der Waals surface area contributed by atoms with E-state index in [1.54, 1.807) is 13.3 Å². The topological polar surface area (TPSA) is 85.7 Å². The molecule has 2 aromatic rings. The number of ether oxygens (including phenoxy) is 1. The average molecular weight is 392 g/mol. The van der Waals surface area contributed by atoms with Gasteiger partial charge in [-0.05, 0) is 61.3 Å². The lowest BCUT2D eigenvalue weighted by Crippen LogP contribution is -2.49. The maximum Gasteiger partial charge on any atom is 0.136 e. The van der Waals surface area contributed by atoms with Crippen molar-refractivity contribution >= 4 is 28.6 Å². The van der Waals surface area contributed by atoms with Crippen molar-refractivity contribution in [2.45, 2.75) is 32.1 Å². The van der Waals surface area contributed by atoms with Crippen LogP contribution in [-0.4, -0.2) is 47.9 Å². The predicted octanol–water partition coefficient (Wildman–Crippen LogP) is 2.64. The number of carbonyl (C=O) groups excluding carboxylic acids is 1. The second-order valence-corrected chi connectivity index (χ2v) is 7.64. The zero-order valence-corrected chi connectivity index (χ0v) is 16.2. The Balaban J connectivity index is 1.71. The van der Waals surface area contributed by atoms with E-state index >= 15 is 0 Å². The highest BCUT2D eigenvalue weighted by molar-refractivity contribution is 6.32. The molecule has 0 unspecified atom stereocenters. The Labute approximate surface area is 163 Å². The maximum absolute atomic E-state index is 11.0. The number of aromatic nitrogens is 1. The van der Waals surface area contributed by atoms with Crippen LogP contribution in [0.3, 0.4) is 0 Å². The molecule has 1 aliphatic rings. The smallest absolute Gasteiger partial charge is 0.136 e.